The average molecular weight is 231 g/mol. The highest BCUT2D eigenvalue weighted by Gasteiger charge is 2.12. The van der Waals surface area contributed by atoms with Crippen molar-refractivity contribution < 1.29 is 0 Å². The third-order valence-electron chi connectivity index (χ3n) is 2.94. The van der Waals surface area contributed by atoms with Crippen molar-refractivity contribution in [3.8, 4) is 5.82 Å². The maximum absolute atomic E-state index is 5.92. The monoisotopic (exact) mass is 231 g/mol. The number of nitrogens with zero attached hydrogens (tertiary/aromatic N) is 4. The first-order valence-corrected chi connectivity index (χ1v) is 5.75. The maximum Gasteiger partial charge on any atom is 0.146 e. The number of aryl methyl sites for hydroxylation is 1. The molecule has 0 aliphatic heterocycles. The molecule has 0 saturated carbocycles. The van der Waals surface area contributed by atoms with E-state index in [4.69, 9.17) is 5.73 Å². The standard InChI is InChI=1S/C12H17N5/c1-4-5-10-11(13)14-6-15-12(10)17-7-16-8(2)9(17)3/h6-7H,4-5H2,1-3H3,(H2,13,14,15). The molecule has 0 aliphatic carbocycles. The molecule has 90 valence electrons. The van der Waals surface area contributed by atoms with Gasteiger partial charge in [0.05, 0.1) is 5.69 Å². The third kappa shape index (κ3) is 2.00. The molecule has 5 nitrogen and oxygen atoms in total. The van der Waals surface area contributed by atoms with Crippen LogP contribution in [0.3, 0.4) is 0 Å². The van der Waals surface area contributed by atoms with Gasteiger partial charge < -0.3 is 5.73 Å². The van der Waals surface area contributed by atoms with E-state index in [0.29, 0.717) is 5.82 Å². The van der Waals surface area contributed by atoms with E-state index in [9.17, 15) is 0 Å². The smallest absolute Gasteiger partial charge is 0.146 e. The Bertz CT molecular complexity index is 530. The average Bonchev–Trinajstić information content (AvgIpc) is 2.63. The zero-order valence-electron chi connectivity index (χ0n) is 10.4. The lowest BCUT2D eigenvalue weighted by molar-refractivity contribution is 0.853. The second kappa shape index (κ2) is 4.53. The largest absolute Gasteiger partial charge is 0.383 e. The van der Waals surface area contributed by atoms with E-state index in [0.717, 1.165) is 35.6 Å². The number of anilines is 1. The molecule has 2 aromatic heterocycles. The predicted octanol–water partition coefficient (Wildman–Crippen LogP) is 1.81. The third-order valence-corrected chi connectivity index (χ3v) is 2.94. The van der Waals surface area contributed by atoms with Crippen LogP contribution < -0.4 is 5.73 Å². The first kappa shape index (κ1) is 11.6. The van der Waals surface area contributed by atoms with Gasteiger partial charge in [-0.3, -0.25) is 4.57 Å². The van der Waals surface area contributed by atoms with Gasteiger partial charge >= 0.3 is 0 Å². The molecule has 2 aromatic rings. The van der Waals surface area contributed by atoms with Gasteiger partial charge in [-0.1, -0.05) is 13.3 Å². The lowest BCUT2D eigenvalue weighted by atomic mass is 10.1. The lowest BCUT2D eigenvalue weighted by Crippen LogP contribution is -2.08. The summed E-state index contributed by atoms with van der Waals surface area (Å²) in [6.45, 7) is 6.12. The number of hydrogen-bond acceptors (Lipinski definition) is 4. The molecular weight excluding hydrogens is 214 g/mol. The van der Waals surface area contributed by atoms with Crippen molar-refractivity contribution in [1.29, 1.82) is 0 Å². The van der Waals surface area contributed by atoms with Gasteiger partial charge in [-0.05, 0) is 20.3 Å². The zero-order chi connectivity index (χ0) is 12.4. The van der Waals surface area contributed by atoms with Crippen LogP contribution in [0.5, 0.6) is 0 Å². The van der Waals surface area contributed by atoms with Crippen LogP contribution in [0.25, 0.3) is 5.82 Å². The van der Waals surface area contributed by atoms with Crippen molar-refractivity contribution in [3.63, 3.8) is 0 Å². The Morgan fingerprint density at radius 3 is 2.59 bits per heavy atom. The Hall–Kier alpha value is -1.91. The number of nitrogen functional groups attached to an aromatic ring is 1. The lowest BCUT2D eigenvalue weighted by Gasteiger charge is -2.11. The van der Waals surface area contributed by atoms with Crippen LogP contribution in [0.15, 0.2) is 12.7 Å². The van der Waals surface area contributed by atoms with Crippen LogP contribution in [0.1, 0.15) is 30.3 Å². The molecule has 0 amide bonds. The quantitative estimate of drug-likeness (QED) is 0.874. The van der Waals surface area contributed by atoms with E-state index in [-0.39, 0.29) is 0 Å². The van der Waals surface area contributed by atoms with Crippen LogP contribution >= 0.6 is 0 Å². The number of rotatable bonds is 3. The van der Waals surface area contributed by atoms with Crippen LogP contribution in [0.2, 0.25) is 0 Å². The Kier molecular flexibility index (Phi) is 3.08. The number of imidazole rings is 1. The van der Waals surface area contributed by atoms with Crippen LogP contribution in [0.4, 0.5) is 5.82 Å². The number of aromatic nitrogens is 4. The van der Waals surface area contributed by atoms with E-state index in [1.807, 2.05) is 18.4 Å². The van der Waals surface area contributed by atoms with Crippen molar-refractivity contribution in [3.05, 3.63) is 29.6 Å². The first-order valence-electron chi connectivity index (χ1n) is 5.75. The SMILES string of the molecule is CCCc1c(N)ncnc1-n1cnc(C)c1C. The van der Waals surface area contributed by atoms with Crippen LogP contribution in [0, 0.1) is 13.8 Å². The van der Waals surface area contributed by atoms with Crippen LogP contribution in [-0.4, -0.2) is 19.5 Å². The summed E-state index contributed by atoms with van der Waals surface area (Å²) in [5.74, 6) is 1.40. The van der Waals surface area contributed by atoms with Crippen molar-refractivity contribution in [1.82, 2.24) is 19.5 Å². The Balaban J connectivity index is 2.59. The summed E-state index contributed by atoms with van der Waals surface area (Å²) < 4.78 is 1.97. The second-order valence-corrected chi connectivity index (χ2v) is 4.10. The zero-order valence-corrected chi connectivity index (χ0v) is 10.4. The highest BCUT2D eigenvalue weighted by atomic mass is 15.1. The summed E-state index contributed by atoms with van der Waals surface area (Å²) in [5.41, 5.74) is 9.00. The topological polar surface area (TPSA) is 69.6 Å². The molecule has 0 fully saturated rings. The molecule has 0 aliphatic rings. The molecule has 2 N–H and O–H groups in total. The molecule has 0 aromatic carbocycles. The van der Waals surface area contributed by atoms with E-state index in [1.165, 1.54) is 6.33 Å². The molecule has 0 spiro atoms. The summed E-state index contributed by atoms with van der Waals surface area (Å²) in [6.07, 6.45) is 5.17. The van der Waals surface area contributed by atoms with Gasteiger partial charge in [0.15, 0.2) is 0 Å². The molecule has 2 heterocycles. The minimum absolute atomic E-state index is 0.558. The molecule has 0 unspecified atom stereocenters. The highest BCUT2D eigenvalue weighted by Crippen LogP contribution is 2.20. The number of hydrogen-bond donors (Lipinski definition) is 1. The molecule has 0 radical (unpaired) electrons. The molecule has 5 heteroatoms. The van der Waals surface area contributed by atoms with E-state index < -0.39 is 0 Å². The minimum Gasteiger partial charge on any atom is -0.383 e. The molecule has 0 atom stereocenters. The van der Waals surface area contributed by atoms with Gasteiger partial charge in [0, 0.05) is 11.3 Å². The van der Waals surface area contributed by atoms with Crippen molar-refractivity contribution in [2.45, 2.75) is 33.6 Å². The highest BCUT2D eigenvalue weighted by molar-refractivity contribution is 5.49. The molecule has 2 rings (SSSR count). The van der Waals surface area contributed by atoms with Crippen molar-refractivity contribution >= 4 is 5.82 Å². The van der Waals surface area contributed by atoms with Crippen molar-refractivity contribution in [2.75, 3.05) is 5.73 Å². The maximum atomic E-state index is 5.92. The van der Waals surface area contributed by atoms with Gasteiger partial charge in [-0.2, -0.15) is 0 Å². The van der Waals surface area contributed by atoms with Gasteiger partial charge in [-0.15, -0.1) is 0 Å². The molecule has 0 saturated heterocycles. The van der Waals surface area contributed by atoms with Gasteiger partial charge in [0.25, 0.3) is 0 Å². The summed E-state index contributed by atoms with van der Waals surface area (Å²) in [6, 6.07) is 0. The molecule has 17 heavy (non-hydrogen) atoms. The van der Waals surface area contributed by atoms with Crippen LogP contribution in [-0.2, 0) is 6.42 Å². The molecule has 0 bridgehead atoms. The van der Waals surface area contributed by atoms with E-state index >= 15 is 0 Å². The van der Waals surface area contributed by atoms with E-state index in [1.54, 1.807) is 6.33 Å². The Labute approximate surface area is 101 Å². The summed E-state index contributed by atoms with van der Waals surface area (Å²) in [4.78, 5) is 12.7. The summed E-state index contributed by atoms with van der Waals surface area (Å²) >= 11 is 0. The van der Waals surface area contributed by atoms with Gasteiger partial charge in [0.2, 0.25) is 0 Å². The molecular formula is C12H17N5. The Morgan fingerprint density at radius 2 is 2.00 bits per heavy atom. The fourth-order valence-electron chi connectivity index (χ4n) is 1.83. The number of nitrogens with two attached hydrogens (primary N) is 1. The normalized spacial score (nSPS) is 10.8. The fraction of sp³-hybridized carbons (Fsp3) is 0.417. The van der Waals surface area contributed by atoms with E-state index in [2.05, 4.69) is 21.9 Å². The minimum atomic E-state index is 0.558. The summed E-state index contributed by atoms with van der Waals surface area (Å²) in [7, 11) is 0. The van der Waals surface area contributed by atoms with Gasteiger partial charge in [-0.25, -0.2) is 15.0 Å². The first-order chi connectivity index (χ1) is 8.15. The second-order valence-electron chi connectivity index (χ2n) is 4.10. The van der Waals surface area contributed by atoms with Crippen molar-refractivity contribution in [2.24, 2.45) is 0 Å². The summed E-state index contributed by atoms with van der Waals surface area (Å²) in [5, 5.41) is 0. The predicted molar refractivity (Wildman–Crippen MR) is 67.0 cm³/mol. The fourth-order valence-corrected chi connectivity index (χ4v) is 1.83. The Morgan fingerprint density at radius 1 is 1.24 bits per heavy atom. The van der Waals surface area contributed by atoms with Gasteiger partial charge in [0.1, 0.15) is 24.3 Å².